The normalized spacial score (nSPS) is 22.9. The average molecular weight is 327 g/mol. The minimum atomic E-state index is -3.52. The molecule has 21 heavy (non-hydrogen) atoms. The number of rotatable bonds is 5. The predicted molar refractivity (Wildman–Crippen MR) is 86.5 cm³/mol. The van der Waals surface area contributed by atoms with Crippen LogP contribution in [0.2, 0.25) is 0 Å². The number of thiocarbonyl (C=S) groups is 1. The molecule has 0 aromatic carbocycles. The van der Waals surface area contributed by atoms with Gasteiger partial charge in [0.25, 0.3) is 0 Å². The van der Waals surface area contributed by atoms with Crippen molar-refractivity contribution in [2.45, 2.75) is 50.0 Å². The molecule has 116 valence electrons. The topological polar surface area (TPSA) is 85.1 Å². The predicted octanol–water partition coefficient (Wildman–Crippen LogP) is 1.96. The molecule has 0 saturated heterocycles. The molecule has 5 nitrogen and oxygen atoms in total. The molecule has 0 bridgehead atoms. The molecular weight excluding hydrogens is 306 g/mol. The van der Waals surface area contributed by atoms with Gasteiger partial charge in [-0.2, -0.15) is 0 Å². The standard InChI is InChI=1S/C14H21N3O2S2/c1-2-10-3-5-11(6-4-10)17-21(18,19)12-7-8-13(14(15)20)16-9-12/h7-11,17H,2-6H2,1H3,(H2,15,20). The fourth-order valence-electron chi connectivity index (χ4n) is 2.66. The van der Waals surface area contributed by atoms with Crippen LogP contribution in [-0.2, 0) is 10.0 Å². The molecule has 0 spiro atoms. The van der Waals surface area contributed by atoms with E-state index in [0.29, 0.717) is 5.69 Å². The van der Waals surface area contributed by atoms with Gasteiger partial charge in [-0.25, -0.2) is 13.1 Å². The summed E-state index contributed by atoms with van der Waals surface area (Å²) in [5.74, 6) is 0.734. The molecule has 0 aliphatic heterocycles. The van der Waals surface area contributed by atoms with Gasteiger partial charge in [0.1, 0.15) is 9.88 Å². The second kappa shape index (κ2) is 6.81. The van der Waals surface area contributed by atoms with E-state index in [0.717, 1.165) is 31.6 Å². The van der Waals surface area contributed by atoms with Crippen LogP contribution in [0.15, 0.2) is 23.2 Å². The van der Waals surface area contributed by atoms with Crippen LogP contribution >= 0.6 is 12.2 Å². The van der Waals surface area contributed by atoms with Crippen LogP contribution in [0.25, 0.3) is 0 Å². The lowest BCUT2D eigenvalue weighted by Crippen LogP contribution is -2.37. The molecule has 0 radical (unpaired) electrons. The third kappa shape index (κ3) is 4.21. The Bertz CT molecular complexity index is 591. The largest absolute Gasteiger partial charge is 0.388 e. The van der Waals surface area contributed by atoms with Gasteiger partial charge in [0.05, 0.1) is 5.69 Å². The van der Waals surface area contributed by atoms with E-state index < -0.39 is 10.0 Å². The van der Waals surface area contributed by atoms with Gasteiger partial charge in [0.15, 0.2) is 0 Å². The lowest BCUT2D eigenvalue weighted by molar-refractivity contribution is 0.306. The average Bonchev–Trinajstić information content (AvgIpc) is 2.48. The Kier molecular flexibility index (Phi) is 5.29. The van der Waals surface area contributed by atoms with Crippen molar-refractivity contribution in [2.75, 3.05) is 0 Å². The van der Waals surface area contributed by atoms with Crippen molar-refractivity contribution in [3.05, 3.63) is 24.0 Å². The number of hydrogen-bond donors (Lipinski definition) is 2. The molecule has 1 saturated carbocycles. The minimum absolute atomic E-state index is 0.0214. The highest BCUT2D eigenvalue weighted by molar-refractivity contribution is 7.89. The molecule has 1 heterocycles. The molecule has 1 aliphatic carbocycles. The van der Waals surface area contributed by atoms with Crippen LogP contribution in [0.4, 0.5) is 0 Å². The highest BCUT2D eigenvalue weighted by Gasteiger charge is 2.25. The molecule has 2 rings (SSSR count). The summed E-state index contributed by atoms with van der Waals surface area (Å²) in [6, 6.07) is 3.04. The zero-order chi connectivity index (χ0) is 15.5. The second-order valence-corrected chi connectivity index (χ2v) is 7.64. The molecule has 3 N–H and O–H groups in total. The summed E-state index contributed by atoms with van der Waals surface area (Å²) < 4.78 is 27.4. The molecule has 1 aromatic heterocycles. The number of nitrogens with one attached hydrogen (secondary N) is 1. The number of aromatic nitrogens is 1. The smallest absolute Gasteiger partial charge is 0.242 e. The summed E-state index contributed by atoms with van der Waals surface area (Å²) in [7, 11) is -3.52. The molecule has 7 heteroatoms. The number of nitrogens with zero attached hydrogens (tertiary/aromatic N) is 1. The fraction of sp³-hybridized carbons (Fsp3) is 0.571. The quantitative estimate of drug-likeness (QED) is 0.808. The van der Waals surface area contributed by atoms with Crippen molar-refractivity contribution in [1.82, 2.24) is 9.71 Å². The molecule has 0 amide bonds. The maximum Gasteiger partial charge on any atom is 0.242 e. The Morgan fingerprint density at radius 2 is 2.05 bits per heavy atom. The highest BCUT2D eigenvalue weighted by Crippen LogP contribution is 2.27. The second-order valence-electron chi connectivity index (χ2n) is 5.49. The summed E-state index contributed by atoms with van der Waals surface area (Å²) >= 11 is 4.80. The van der Waals surface area contributed by atoms with Crippen molar-refractivity contribution in [1.29, 1.82) is 0 Å². The first-order valence-corrected chi connectivity index (χ1v) is 9.09. The van der Waals surface area contributed by atoms with Crippen LogP contribution in [0.5, 0.6) is 0 Å². The Morgan fingerprint density at radius 3 is 2.52 bits per heavy atom. The van der Waals surface area contributed by atoms with Gasteiger partial charge in [-0.15, -0.1) is 0 Å². The summed E-state index contributed by atoms with van der Waals surface area (Å²) in [6.45, 7) is 2.18. The number of pyridine rings is 1. The van der Waals surface area contributed by atoms with Crippen molar-refractivity contribution in [3.8, 4) is 0 Å². The first kappa shape index (κ1) is 16.3. The first-order valence-electron chi connectivity index (χ1n) is 7.20. The molecule has 0 atom stereocenters. The van der Waals surface area contributed by atoms with Gasteiger partial charge in [0, 0.05) is 12.2 Å². The van der Waals surface area contributed by atoms with Gasteiger partial charge in [-0.05, 0) is 43.7 Å². The maximum atomic E-state index is 12.3. The molecule has 1 aliphatic rings. The molecular formula is C14H21N3O2S2. The van der Waals surface area contributed by atoms with E-state index in [1.165, 1.54) is 24.8 Å². The minimum Gasteiger partial charge on any atom is -0.388 e. The van der Waals surface area contributed by atoms with Crippen LogP contribution in [0.1, 0.15) is 44.7 Å². The van der Waals surface area contributed by atoms with Crippen LogP contribution in [0.3, 0.4) is 0 Å². The van der Waals surface area contributed by atoms with E-state index in [2.05, 4.69) is 16.6 Å². The van der Waals surface area contributed by atoms with E-state index in [-0.39, 0.29) is 15.9 Å². The van der Waals surface area contributed by atoms with Crippen molar-refractivity contribution in [2.24, 2.45) is 11.7 Å². The zero-order valence-corrected chi connectivity index (χ0v) is 13.7. The SMILES string of the molecule is CCC1CCC(NS(=O)(=O)c2ccc(C(N)=S)nc2)CC1. The van der Waals surface area contributed by atoms with E-state index in [4.69, 9.17) is 18.0 Å². The van der Waals surface area contributed by atoms with Crippen molar-refractivity contribution >= 4 is 27.2 Å². The Labute approximate surface area is 131 Å². The number of sulfonamides is 1. The van der Waals surface area contributed by atoms with Crippen LogP contribution in [-0.4, -0.2) is 24.4 Å². The molecule has 0 unspecified atom stereocenters. The van der Waals surface area contributed by atoms with Gasteiger partial charge >= 0.3 is 0 Å². The highest BCUT2D eigenvalue weighted by atomic mass is 32.2. The van der Waals surface area contributed by atoms with Gasteiger partial charge in [-0.3, -0.25) is 4.98 Å². The van der Waals surface area contributed by atoms with E-state index >= 15 is 0 Å². The molecule has 1 aromatic rings. The lowest BCUT2D eigenvalue weighted by Gasteiger charge is -2.28. The van der Waals surface area contributed by atoms with Crippen molar-refractivity contribution < 1.29 is 8.42 Å². The number of nitrogens with two attached hydrogens (primary N) is 1. The van der Waals surface area contributed by atoms with E-state index in [1.54, 1.807) is 0 Å². The van der Waals surface area contributed by atoms with Gasteiger partial charge in [-0.1, -0.05) is 25.6 Å². The Balaban J connectivity index is 2.03. The third-order valence-corrected chi connectivity index (χ3v) is 5.76. The van der Waals surface area contributed by atoms with Gasteiger partial charge in [0.2, 0.25) is 10.0 Å². The lowest BCUT2D eigenvalue weighted by atomic mass is 9.85. The van der Waals surface area contributed by atoms with E-state index in [9.17, 15) is 8.42 Å². The Hall–Kier alpha value is -1.05. The zero-order valence-electron chi connectivity index (χ0n) is 12.1. The van der Waals surface area contributed by atoms with Crippen molar-refractivity contribution in [3.63, 3.8) is 0 Å². The van der Waals surface area contributed by atoms with Crippen LogP contribution < -0.4 is 10.5 Å². The summed E-state index contributed by atoms with van der Waals surface area (Å²) in [6.07, 6.45) is 6.44. The van der Waals surface area contributed by atoms with Gasteiger partial charge < -0.3 is 5.73 Å². The Morgan fingerprint density at radius 1 is 1.38 bits per heavy atom. The molecule has 1 fully saturated rings. The number of hydrogen-bond acceptors (Lipinski definition) is 4. The summed E-state index contributed by atoms with van der Waals surface area (Å²) in [4.78, 5) is 4.29. The summed E-state index contributed by atoms with van der Waals surface area (Å²) in [5, 5.41) is 0. The maximum absolute atomic E-state index is 12.3. The summed E-state index contributed by atoms with van der Waals surface area (Å²) in [5.41, 5.74) is 5.88. The van der Waals surface area contributed by atoms with Crippen LogP contribution in [0, 0.1) is 5.92 Å². The monoisotopic (exact) mass is 327 g/mol. The first-order chi connectivity index (χ1) is 9.92. The van der Waals surface area contributed by atoms with E-state index in [1.807, 2.05) is 0 Å². The third-order valence-electron chi connectivity index (χ3n) is 4.05. The fourth-order valence-corrected chi connectivity index (χ4v) is 4.03.